The van der Waals surface area contributed by atoms with Gasteiger partial charge in [-0.15, -0.1) is 0 Å². The summed E-state index contributed by atoms with van der Waals surface area (Å²) in [6.45, 7) is 6.50. The molecule has 304 valence electrons. The fourth-order valence-electron chi connectivity index (χ4n) is 5.39. The Kier molecular flexibility index (Phi) is 18.6. The Morgan fingerprint density at radius 1 is 0.745 bits per heavy atom. The maximum absolute atomic E-state index is 13.9. The first kappa shape index (κ1) is 45.9. The third-order valence-corrected chi connectivity index (χ3v) is 8.92. The lowest BCUT2D eigenvalue weighted by molar-refractivity contribution is -0.141. The first-order valence-electron chi connectivity index (χ1n) is 17.8. The van der Waals surface area contributed by atoms with Crippen LogP contribution in [-0.2, 0) is 44.8 Å². The average molecular weight is 791 g/mol. The molecule has 0 saturated carbocycles. The zero-order valence-electron chi connectivity index (χ0n) is 31.3. The number of fused-ring (bicyclic) bond motifs is 1. The zero-order valence-corrected chi connectivity index (χ0v) is 32.2. The van der Waals surface area contributed by atoms with Gasteiger partial charge < -0.3 is 59.2 Å². The number of nitrogens with two attached hydrogens (primary N) is 3. The minimum Gasteiger partial charge on any atom is -0.480 e. The Morgan fingerprint density at radius 3 is 1.91 bits per heavy atom. The smallest absolute Gasteiger partial charge is 0.327 e. The second kappa shape index (κ2) is 22.2. The van der Waals surface area contributed by atoms with Crippen molar-refractivity contribution in [3.8, 4) is 0 Å². The van der Waals surface area contributed by atoms with Crippen LogP contribution in [0.4, 0.5) is 0 Å². The van der Waals surface area contributed by atoms with Crippen LogP contribution in [0.2, 0.25) is 0 Å². The van der Waals surface area contributed by atoms with Crippen molar-refractivity contribution in [2.75, 3.05) is 12.3 Å². The van der Waals surface area contributed by atoms with E-state index in [1.807, 2.05) is 18.2 Å². The second-order valence-electron chi connectivity index (χ2n) is 13.5. The predicted octanol–water partition coefficient (Wildman–Crippen LogP) is -2.34. The Balaban J connectivity index is 2.34. The van der Waals surface area contributed by atoms with Crippen LogP contribution in [0, 0.1) is 5.92 Å². The van der Waals surface area contributed by atoms with Crippen molar-refractivity contribution >= 4 is 70.9 Å². The number of nitrogens with one attached hydrogen (secondary N) is 7. The highest BCUT2D eigenvalue weighted by Crippen LogP contribution is 2.19. The summed E-state index contributed by atoms with van der Waals surface area (Å²) in [5.74, 6) is -7.81. The van der Waals surface area contributed by atoms with E-state index < -0.39 is 102 Å². The maximum atomic E-state index is 13.9. The lowest BCUT2D eigenvalue weighted by Crippen LogP contribution is -2.60. The van der Waals surface area contributed by atoms with Crippen LogP contribution in [0.5, 0.6) is 0 Å². The number of thiol groups is 1. The van der Waals surface area contributed by atoms with E-state index in [1.165, 1.54) is 13.8 Å². The summed E-state index contributed by atoms with van der Waals surface area (Å²) in [5.41, 5.74) is 18.0. The first-order chi connectivity index (χ1) is 25.9. The third-order valence-electron chi connectivity index (χ3n) is 8.56. The third kappa shape index (κ3) is 14.5. The number of carbonyl (C=O) groups is 8. The number of aromatic amines is 1. The van der Waals surface area contributed by atoms with Crippen LogP contribution in [0.15, 0.2) is 30.5 Å². The van der Waals surface area contributed by atoms with Gasteiger partial charge in [0.25, 0.3) is 0 Å². The lowest BCUT2D eigenvalue weighted by Gasteiger charge is -2.28. The van der Waals surface area contributed by atoms with Gasteiger partial charge in [-0.25, -0.2) is 4.79 Å². The Bertz CT molecular complexity index is 1680. The molecule has 14 N–H and O–H groups in total. The minimum absolute atomic E-state index is 0.0616. The summed E-state index contributed by atoms with van der Waals surface area (Å²) < 4.78 is 0. The van der Waals surface area contributed by atoms with Gasteiger partial charge in [0.05, 0.1) is 12.5 Å². The van der Waals surface area contributed by atoms with Crippen LogP contribution in [0.25, 0.3) is 10.9 Å². The van der Waals surface area contributed by atoms with Gasteiger partial charge in [-0.05, 0) is 57.2 Å². The van der Waals surface area contributed by atoms with E-state index in [4.69, 9.17) is 17.2 Å². The normalized spacial score (nSPS) is 15.0. The SMILES string of the molecule is CC(C)[C@H](NC(=O)[C@H](CCCCN)NC(=O)[C@H](C)N)C(=O)N[C@@H](Cc1c[nH]c2ccccc12)C(=O)N[C@@H](C)C(=O)N[C@@H](CC(N)=O)C(=O)N[C@@H](CS)C(=O)O. The van der Waals surface area contributed by atoms with E-state index in [-0.39, 0.29) is 18.6 Å². The molecule has 1 heterocycles. The molecule has 0 aliphatic rings. The zero-order chi connectivity index (χ0) is 41.4. The van der Waals surface area contributed by atoms with Crippen LogP contribution in [0.3, 0.4) is 0 Å². The van der Waals surface area contributed by atoms with Crippen molar-refractivity contribution in [1.82, 2.24) is 36.9 Å². The number of primary amides is 1. The summed E-state index contributed by atoms with van der Waals surface area (Å²) >= 11 is 3.89. The molecule has 2 rings (SSSR count). The fraction of sp³-hybridized carbons (Fsp3) is 0.543. The molecule has 55 heavy (non-hydrogen) atoms. The predicted molar refractivity (Wildman–Crippen MR) is 206 cm³/mol. The van der Waals surface area contributed by atoms with Gasteiger partial charge in [0, 0.05) is 29.3 Å². The number of hydrogen-bond donors (Lipinski definition) is 12. The van der Waals surface area contributed by atoms with E-state index >= 15 is 0 Å². The quantitative estimate of drug-likeness (QED) is 0.0418. The van der Waals surface area contributed by atoms with E-state index in [1.54, 1.807) is 26.1 Å². The highest BCUT2D eigenvalue weighted by atomic mass is 32.1. The molecule has 0 aliphatic heterocycles. The number of hydrogen-bond acceptors (Lipinski definition) is 11. The number of aliphatic carboxylic acids is 1. The lowest BCUT2D eigenvalue weighted by atomic mass is 9.99. The molecule has 0 radical (unpaired) electrons. The number of aromatic nitrogens is 1. The standard InChI is InChI=1S/C35H54N10O9S/c1-17(2)28(45-31(49)23(11-7-8-12-36)41-29(47)18(3)37)34(52)43-24(13-20-15-39-22-10-6-5-9-21(20)22)32(50)40-19(4)30(48)42-25(14-27(38)46)33(51)44-26(16-55)35(53)54/h5-6,9-10,15,17-19,23-26,28,39,55H,7-8,11-14,16,36-37H2,1-4H3,(H2,38,46)(H,40,50)(H,41,47)(H,42,48)(H,43,52)(H,44,51)(H,45,49)(H,53,54)/t18-,19-,23-,24-,25-,26-,28-/m0/s1. The monoisotopic (exact) mass is 790 g/mol. The van der Waals surface area contributed by atoms with E-state index in [0.717, 1.165) is 10.9 Å². The summed E-state index contributed by atoms with van der Waals surface area (Å²) in [6, 6.07) is -1.49. The van der Waals surface area contributed by atoms with Gasteiger partial charge in [-0.3, -0.25) is 33.6 Å². The molecule has 19 nitrogen and oxygen atoms in total. The van der Waals surface area contributed by atoms with E-state index in [0.29, 0.717) is 24.9 Å². The van der Waals surface area contributed by atoms with Crippen molar-refractivity contribution in [2.24, 2.45) is 23.1 Å². The number of rotatable bonds is 23. The van der Waals surface area contributed by atoms with Gasteiger partial charge in [-0.2, -0.15) is 12.6 Å². The summed E-state index contributed by atoms with van der Waals surface area (Å²) in [6.07, 6.45) is 2.26. The second-order valence-corrected chi connectivity index (χ2v) is 13.9. The number of para-hydroxylation sites is 1. The summed E-state index contributed by atoms with van der Waals surface area (Å²) in [4.78, 5) is 106. The average Bonchev–Trinajstić information content (AvgIpc) is 3.53. The fourth-order valence-corrected chi connectivity index (χ4v) is 5.64. The summed E-state index contributed by atoms with van der Waals surface area (Å²) in [7, 11) is 0. The van der Waals surface area contributed by atoms with Gasteiger partial charge in [0.2, 0.25) is 41.4 Å². The van der Waals surface area contributed by atoms with Gasteiger partial charge in [0.15, 0.2) is 0 Å². The number of unbranched alkanes of at least 4 members (excludes halogenated alkanes) is 1. The maximum Gasteiger partial charge on any atom is 0.327 e. The number of carboxylic acid groups (broad SMARTS) is 1. The Hall–Kier alpha value is -5.21. The number of carboxylic acids is 1. The Morgan fingerprint density at radius 2 is 1.33 bits per heavy atom. The number of amides is 7. The number of H-pyrrole nitrogens is 1. The molecule has 2 aromatic rings. The molecule has 0 fully saturated rings. The molecule has 0 bridgehead atoms. The highest BCUT2D eigenvalue weighted by Gasteiger charge is 2.34. The topological polar surface area (TPSA) is 323 Å². The van der Waals surface area contributed by atoms with Gasteiger partial charge in [0.1, 0.15) is 36.3 Å². The molecule has 7 atom stereocenters. The number of carbonyl (C=O) groups excluding carboxylic acids is 7. The van der Waals surface area contributed by atoms with Crippen molar-refractivity contribution in [3.05, 3.63) is 36.0 Å². The van der Waals surface area contributed by atoms with Gasteiger partial charge >= 0.3 is 5.97 Å². The largest absolute Gasteiger partial charge is 0.480 e. The van der Waals surface area contributed by atoms with Crippen molar-refractivity contribution in [3.63, 3.8) is 0 Å². The molecule has 7 amide bonds. The molecule has 20 heteroatoms. The molecular weight excluding hydrogens is 737 g/mol. The number of benzene rings is 1. The first-order valence-corrected chi connectivity index (χ1v) is 18.5. The Labute approximate surface area is 324 Å². The molecule has 0 aliphatic carbocycles. The molecule has 1 aromatic carbocycles. The van der Waals surface area contributed by atoms with Gasteiger partial charge in [-0.1, -0.05) is 32.0 Å². The van der Waals surface area contributed by atoms with Crippen molar-refractivity contribution in [1.29, 1.82) is 0 Å². The molecule has 0 unspecified atom stereocenters. The molecular formula is C35H54N10O9S. The highest BCUT2D eigenvalue weighted by molar-refractivity contribution is 7.80. The van der Waals surface area contributed by atoms with Crippen LogP contribution < -0.4 is 49.1 Å². The molecule has 0 saturated heterocycles. The molecule has 1 aromatic heterocycles. The summed E-state index contributed by atoms with van der Waals surface area (Å²) in [5, 5.41) is 25.0. The van der Waals surface area contributed by atoms with E-state index in [9.17, 15) is 43.5 Å². The van der Waals surface area contributed by atoms with Crippen LogP contribution >= 0.6 is 12.6 Å². The minimum atomic E-state index is -1.58. The van der Waals surface area contributed by atoms with E-state index in [2.05, 4.69) is 49.5 Å². The van der Waals surface area contributed by atoms with Crippen molar-refractivity contribution in [2.45, 2.75) is 102 Å². The van der Waals surface area contributed by atoms with Crippen molar-refractivity contribution < 1.29 is 43.5 Å². The van der Waals surface area contributed by atoms with Crippen LogP contribution in [-0.4, -0.2) is 112 Å². The molecule has 0 spiro atoms. The van der Waals surface area contributed by atoms with Crippen LogP contribution in [0.1, 0.15) is 58.9 Å².